The number of rotatable bonds is 10. The summed E-state index contributed by atoms with van der Waals surface area (Å²) in [6.07, 6.45) is 1.38. The van der Waals surface area contributed by atoms with E-state index >= 15 is 0 Å². The number of esters is 1. The van der Waals surface area contributed by atoms with Gasteiger partial charge in [0, 0.05) is 36.3 Å². The molecule has 0 radical (unpaired) electrons. The monoisotopic (exact) mass is 436 g/mol. The van der Waals surface area contributed by atoms with Crippen LogP contribution in [0.2, 0.25) is 0 Å². The molecule has 2 fully saturated rings. The summed E-state index contributed by atoms with van der Waals surface area (Å²) < 4.78 is 17.4. The van der Waals surface area contributed by atoms with Gasteiger partial charge in [-0.05, 0) is 25.0 Å². The molecule has 2 atom stereocenters. The summed E-state index contributed by atoms with van der Waals surface area (Å²) in [5, 5.41) is 8.76. The molecule has 1 aromatic rings. The van der Waals surface area contributed by atoms with Gasteiger partial charge in [-0.15, -0.1) is 0 Å². The smallest absolute Gasteiger partial charge is 0.308 e. The van der Waals surface area contributed by atoms with E-state index in [2.05, 4.69) is 13.8 Å². The third-order valence-corrected chi connectivity index (χ3v) is 6.16. The summed E-state index contributed by atoms with van der Waals surface area (Å²) in [6, 6.07) is 7.10. The number of benzene rings is 1. The number of carbonyl (C=O) groups is 2. The van der Waals surface area contributed by atoms with Crippen LogP contribution in [-0.4, -0.2) is 42.5 Å². The van der Waals surface area contributed by atoms with E-state index in [0.717, 1.165) is 0 Å². The fraction of sp³-hybridized carbons (Fsp3) is 0.652. The van der Waals surface area contributed by atoms with E-state index in [-0.39, 0.29) is 6.42 Å². The molecular weight excluding hydrogens is 404 g/mol. The van der Waals surface area contributed by atoms with Crippen molar-refractivity contribution in [2.75, 3.05) is 19.8 Å². The highest BCUT2D eigenvalue weighted by molar-refractivity contribution is 5.69. The van der Waals surface area contributed by atoms with Gasteiger partial charge < -0.3 is 19.3 Å². The van der Waals surface area contributed by atoms with E-state index in [9.17, 15) is 9.59 Å². The Labute approximate surface area is 182 Å². The van der Waals surface area contributed by atoms with E-state index in [4.69, 9.17) is 29.1 Å². The highest BCUT2D eigenvalue weighted by Gasteiger charge is 2.82. The Kier molecular flexibility index (Phi) is 6.49. The first-order valence-electron chi connectivity index (χ1n) is 10.6. The predicted molar refractivity (Wildman–Crippen MR) is 110 cm³/mol. The van der Waals surface area contributed by atoms with Crippen molar-refractivity contribution >= 4 is 11.9 Å². The van der Waals surface area contributed by atoms with Crippen LogP contribution in [0.15, 0.2) is 24.3 Å². The van der Waals surface area contributed by atoms with Crippen molar-refractivity contribution in [2.45, 2.75) is 65.3 Å². The van der Waals surface area contributed by atoms with Crippen LogP contribution in [-0.2, 0) is 34.6 Å². The zero-order chi connectivity index (χ0) is 22.9. The van der Waals surface area contributed by atoms with E-state index in [1.807, 2.05) is 19.9 Å². The van der Waals surface area contributed by atoms with E-state index in [1.54, 1.807) is 18.2 Å². The van der Waals surface area contributed by atoms with Crippen LogP contribution in [0, 0.1) is 10.8 Å². The Balaban J connectivity index is 1.82. The second-order valence-electron chi connectivity index (χ2n) is 9.55. The third-order valence-electron chi connectivity index (χ3n) is 6.16. The SMILES string of the molecule is CC(=O)Oc1cccc(C23OCC(C)(C)C2(C(C)(C)COCCCCC(=O)O)OO3)c1. The lowest BCUT2D eigenvalue weighted by Gasteiger charge is -2.61. The van der Waals surface area contributed by atoms with Crippen molar-refractivity contribution < 1.29 is 38.7 Å². The zero-order valence-corrected chi connectivity index (χ0v) is 18.9. The molecule has 0 saturated carbocycles. The molecule has 1 N–H and O–H groups in total. The number of ether oxygens (including phenoxy) is 3. The maximum absolute atomic E-state index is 11.4. The molecule has 31 heavy (non-hydrogen) atoms. The third kappa shape index (κ3) is 3.98. The number of fused-ring (bicyclic) bond motifs is 1. The summed E-state index contributed by atoms with van der Waals surface area (Å²) >= 11 is 0. The fourth-order valence-corrected chi connectivity index (χ4v) is 4.92. The topological polar surface area (TPSA) is 101 Å². The Morgan fingerprint density at radius 1 is 1.19 bits per heavy atom. The van der Waals surface area contributed by atoms with Crippen LogP contribution in [0.3, 0.4) is 0 Å². The Hall–Kier alpha value is -2.00. The lowest BCUT2D eigenvalue weighted by Crippen LogP contribution is -2.74. The van der Waals surface area contributed by atoms with Crippen molar-refractivity contribution in [2.24, 2.45) is 10.8 Å². The van der Waals surface area contributed by atoms with Gasteiger partial charge in [0.05, 0.1) is 13.2 Å². The molecule has 0 aromatic heterocycles. The number of hydrogen-bond donors (Lipinski definition) is 1. The molecule has 1 aromatic carbocycles. The molecule has 2 heterocycles. The average Bonchev–Trinajstić information content (AvgIpc) is 2.79. The van der Waals surface area contributed by atoms with Crippen LogP contribution in [0.5, 0.6) is 5.75 Å². The van der Waals surface area contributed by atoms with E-state index in [1.165, 1.54) is 6.92 Å². The normalized spacial score (nSPS) is 26.7. The van der Waals surface area contributed by atoms with Gasteiger partial charge in [0.15, 0.2) is 5.60 Å². The molecule has 2 aliphatic heterocycles. The minimum absolute atomic E-state index is 0.135. The highest BCUT2D eigenvalue weighted by Crippen LogP contribution is 2.69. The molecule has 0 amide bonds. The molecule has 8 heteroatoms. The molecule has 2 saturated heterocycles. The molecule has 2 aliphatic rings. The summed E-state index contributed by atoms with van der Waals surface area (Å²) in [4.78, 5) is 33.7. The molecule has 2 unspecified atom stereocenters. The van der Waals surface area contributed by atoms with E-state index < -0.39 is 34.2 Å². The number of carbonyl (C=O) groups excluding carboxylic acids is 1. The molecule has 3 rings (SSSR count). The van der Waals surface area contributed by atoms with Gasteiger partial charge in [-0.1, -0.05) is 39.8 Å². The maximum Gasteiger partial charge on any atom is 0.308 e. The number of aliphatic carboxylic acids is 1. The van der Waals surface area contributed by atoms with Gasteiger partial charge in [-0.25, -0.2) is 4.89 Å². The minimum Gasteiger partial charge on any atom is -0.481 e. The zero-order valence-electron chi connectivity index (χ0n) is 18.9. The number of carboxylic acid groups (broad SMARTS) is 1. The molecule has 0 bridgehead atoms. The Morgan fingerprint density at radius 3 is 2.55 bits per heavy atom. The second kappa shape index (κ2) is 8.50. The van der Waals surface area contributed by atoms with Crippen LogP contribution >= 0.6 is 0 Å². The lowest BCUT2D eigenvalue weighted by atomic mass is 9.57. The van der Waals surface area contributed by atoms with Gasteiger partial charge in [0.25, 0.3) is 5.79 Å². The second-order valence-corrected chi connectivity index (χ2v) is 9.55. The Bertz CT molecular complexity index is 833. The lowest BCUT2D eigenvalue weighted by molar-refractivity contribution is -0.628. The van der Waals surface area contributed by atoms with Gasteiger partial charge in [0.1, 0.15) is 5.75 Å². The van der Waals surface area contributed by atoms with Crippen LogP contribution in [0.4, 0.5) is 0 Å². The van der Waals surface area contributed by atoms with Gasteiger partial charge in [-0.3, -0.25) is 9.59 Å². The van der Waals surface area contributed by atoms with Gasteiger partial charge >= 0.3 is 11.9 Å². The largest absolute Gasteiger partial charge is 0.481 e. The molecule has 8 nitrogen and oxygen atoms in total. The minimum atomic E-state index is -1.16. The standard InChI is InChI=1S/C23H32O8/c1-16(24)29-18-10-8-9-17(13-18)22-23(31-30-22,21(4,5)15-28-22)20(2,3)14-27-12-7-6-11-19(25)26/h8-10,13H,6-7,11-12,14-15H2,1-5H3,(H,25,26). The number of unbranched alkanes of at least 4 members (excludes halogenated alkanes) is 1. The number of carboxylic acids is 1. The van der Waals surface area contributed by atoms with Crippen LogP contribution in [0.25, 0.3) is 0 Å². The Morgan fingerprint density at radius 2 is 1.94 bits per heavy atom. The fourth-order valence-electron chi connectivity index (χ4n) is 4.92. The maximum atomic E-state index is 11.4. The predicted octanol–water partition coefficient (Wildman–Crippen LogP) is 3.82. The molecular formula is C23H32O8. The van der Waals surface area contributed by atoms with Gasteiger partial charge in [0.2, 0.25) is 0 Å². The quantitative estimate of drug-likeness (QED) is 0.256. The molecule has 0 spiro atoms. The van der Waals surface area contributed by atoms with Crippen molar-refractivity contribution in [3.63, 3.8) is 0 Å². The van der Waals surface area contributed by atoms with Crippen molar-refractivity contribution in [3.05, 3.63) is 29.8 Å². The van der Waals surface area contributed by atoms with Crippen LogP contribution in [0.1, 0.15) is 59.4 Å². The van der Waals surface area contributed by atoms with Crippen LogP contribution < -0.4 is 4.74 Å². The highest BCUT2D eigenvalue weighted by atomic mass is 17.3. The number of hydrogen-bond acceptors (Lipinski definition) is 7. The summed E-state index contributed by atoms with van der Waals surface area (Å²) in [7, 11) is 0. The van der Waals surface area contributed by atoms with Crippen molar-refractivity contribution in [1.29, 1.82) is 0 Å². The van der Waals surface area contributed by atoms with Crippen molar-refractivity contribution in [3.8, 4) is 5.75 Å². The van der Waals surface area contributed by atoms with E-state index in [0.29, 0.717) is 44.0 Å². The summed E-state index contributed by atoms with van der Waals surface area (Å²) in [6.45, 7) is 10.8. The first-order valence-corrected chi connectivity index (χ1v) is 10.6. The summed E-state index contributed by atoms with van der Waals surface area (Å²) in [5.41, 5.74) is -1.07. The molecule has 172 valence electrons. The first-order chi connectivity index (χ1) is 14.5. The average molecular weight is 437 g/mol. The van der Waals surface area contributed by atoms with Gasteiger partial charge in [-0.2, -0.15) is 4.89 Å². The first kappa shape index (κ1) is 23.7. The summed E-state index contributed by atoms with van der Waals surface area (Å²) in [5.74, 6) is -1.96. The molecule has 0 aliphatic carbocycles. The van der Waals surface area contributed by atoms with Crippen molar-refractivity contribution in [1.82, 2.24) is 0 Å².